The number of anilines is 1. The van der Waals surface area contributed by atoms with Gasteiger partial charge in [0.15, 0.2) is 0 Å². The van der Waals surface area contributed by atoms with Crippen LogP contribution < -0.4 is 15.4 Å². The summed E-state index contributed by atoms with van der Waals surface area (Å²) in [7, 11) is 1.55. The maximum absolute atomic E-state index is 13.8. The summed E-state index contributed by atoms with van der Waals surface area (Å²) in [6.45, 7) is 11.8. The van der Waals surface area contributed by atoms with Crippen LogP contribution in [0.5, 0.6) is 5.75 Å². The van der Waals surface area contributed by atoms with Crippen LogP contribution in [0.2, 0.25) is 0 Å². The highest BCUT2D eigenvalue weighted by Crippen LogP contribution is 2.30. The van der Waals surface area contributed by atoms with Gasteiger partial charge in [0, 0.05) is 11.7 Å². The summed E-state index contributed by atoms with van der Waals surface area (Å²) in [4.78, 5) is 41.3. The molecule has 2 unspecified atom stereocenters. The number of methoxy groups -OCH3 is 1. The lowest BCUT2D eigenvalue weighted by atomic mass is 9.94. The number of carbonyl (C=O) groups is 3. The Kier molecular flexibility index (Phi) is 10.1. The molecule has 37 heavy (non-hydrogen) atoms. The molecule has 9 nitrogen and oxygen atoms in total. The summed E-state index contributed by atoms with van der Waals surface area (Å²) in [5.41, 5.74) is 2.20. The molecule has 9 heteroatoms. The molecule has 0 radical (unpaired) electrons. The van der Waals surface area contributed by atoms with E-state index in [2.05, 4.69) is 10.6 Å². The predicted octanol–water partition coefficient (Wildman–Crippen LogP) is 4.11. The Morgan fingerprint density at radius 3 is 2.16 bits per heavy atom. The second kappa shape index (κ2) is 12.6. The summed E-state index contributed by atoms with van der Waals surface area (Å²) in [6, 6.07) is 9.63. The van der Waals surface area contributed by atoms with Gasteiger partial charge in [-0.1, -0.05) is 18.2 Å². The SMILES string of the molecule is COc1ccc(NC(=O)C(c2cccc(C)c2C)N(C(=O)C(CO)NC(=O)OC(C)(C)C)C(C)C)cc1. The van der Waals surface area contributed by atoms with Gasteiger partial charge in [0.05, 0.1) is 13.7 Å². The number of hydrogen-bond acceptors (Lipinski definition) is 6. The van der Waals surface area contributed by atoms with E-state index in [1.807, 2.05) is 26.0 Å². The van der Waals surface area contributed by atoms with Crippen molar-refractivity contribution in [2.75, 3.05) is 19.0 Å². The minimum absolute atomic E-state index is 0.435. The smallest absolute Gasteiger partial charge is 0.408 e. The summed E-state index contributed by atoms with van der Waals surface area (Å²) in [5, 5.41) is 15.4. The minimum atomic E-state index is -1.31. The highest BCUT2D eigenvalue weighted by Gasteiger charge is 2.38. The normalized spacial score (nSPS) is 12.9. The van der Waals surface area contributed by atoms with Gasteiger partial charge in [-0.25, -0.2) is 4.79 Å². The van der Waals surface area contributed by atoms with Crippen LogP contribution in [0.1, 0.15) is 57.4 Å². The van der Waals surface area contributed by atoms with Crippen molar-refractivity contribution in [2.45, 2.75) is 72.2 Å². The Labute approximate surface area is 219 Å². The van der Waals surface area contributed by atoms with Crippen LogP contribution in [0.25, 0.3) is 0 Å². The molecule has 0 spiro atoms. The molecule has 0 heterocycles. The van der Waals surface area contributed by atoms with Gasteiger partial charge in [-0.3, -0.25) is 9.59 Å². The topological polar surface area (TPSA) is 117 Å². The van der Waals surface area contributed by atoms with Gasteiger partial charge in [0.1, 0.15) is 23.4 Å². The standard InChI is InChI=1S/C28H39N3O6/c1-17(2)31(26(34)23(16-32)30-27(35)37-28(5,6)7)24(22-11-9-10-18(3)19(22)4)25(33)29-20-12-14-21(36-8)15-13-20/h9-15,17,23-24,32H,16H2,1-8H3,(H,29,33)(H,30,35). The second-order valence-corrected chi connectivity index (χ2v) is 10.1. The van der Waals surface area contributed by atoms with Crippen molar-refractivity contribution in [1.29, 1.82) is 0 Å². The highest BCUT2D eigenvalue weighted by atomic mass is 16.6. The second-order valence-electron chi connectivity index (χ2n) is 10.1. The average Bonchev–Trinajstić information content (AvgIpc) is 2.81. The predicted molar refractivity (Wildman–Crippen MR) is 143 cm³/mol. The number of nitrogens with zero attached hydrogens (tertiary/aromatic N) is 1. The molecule has 0 aliphatic rings. The lowest BCUT2D eigenvalue weighted by Crippen LogP contribution is -2.55. The monoisotopic (exact) mass is 513 g/mol. The number of hydrogen-bond donors (Lipinski definition) is 3. The number of aliphatic hydroxyl groups excluding tert-OH is 1. The van der Waals surface area contributed by atoms with Crippen LogP contribution in [-0.2, 0) is 14.3 Å². The van der Waals surface area contributed by atoms with Crippen molar-refractivity contribution >= 4 is 23.6 Å². The molecule has 0 fully saturated rings. The molecule has 0 saturated heterocycles. The quantitative estimate of drug-likeness (QED) is 0.465. The summed E-state index contributed by atoms with van der Waals surface area (Å²) >= 11 is 0. The first-order valence-corrected chi connectivity index (χ1v) is 12.2. The van der Waals surface area contributed by atoms with Crippen molar-refractivity contribution in [3.63, 3.8) is 0 Å². The first kappa shape index (κ1) is 29.6. The van der Waals surface area contributed by atoms with Crippen molar-refractivity contribution in [3.8, 4) is 5.75 Å². The van der Waals surface area contributed by atoms with Crippen molar-refractivity contribution in [3.05, 3.63) is 59.2 Å². The van der Waals surface area contributed by atoms with Crippen molar-refractivity contribution in [1.82, 2.24) is 10.2 Å². The van der Waals surface area contributed by atoms with Gasteiger partial charge in [0.2, 0.25) is 5.91 Å². The molecule has 2 rings (SSSR count). The molecule has 2 atom stereocenters. The van der Waals surface area contributed by atoms with Crippen LogP contribution in [0, 0.1) is 13.8 Å². The average molecular weight is 514 g/mol. The Bertz CT molecular complexity index is 1090. The first-order chi connectivity index (χ1) is 17.3. The van der Waals surface area contributed by atoms with E-state index in [0.717, 1.165) is 11.1 Å². The Hall–Kier alpha value is -3.59. The Morgan fingerprint density at radius 2 is 1.65 bits per heavy atom. The van der Waals surface area contributed by atoms with Gasteiger partial charge >= 0.3 is 6.09 Å². The zero-order valence-electron chi connectivity index (χ0n) is 22.9. The van der Waals surface area contributed by atoms with E-state index in [1.165, 1.54) is 4.90 Å². The molecule has 0 aromatic heterocycles. The molecule has 2 aromatic rings. The van der Waals surface area contributed by atoms with Crippen LogP contribution in [0.4, 0.5) is 10.5 Å². The number of amides is 3. The maximum atomic E-state index is 13.8. The summed E-state index contributed by atoms with van der Waals surface area (Å²) < 4.78 is 10.5. The molecule has 3 N–H and O–H groups in total. The fourth-order valence-electron chi connectivity index (χ4n) is 3.87. The first-order valence-electron chi connectivity index (χ1n) is 12.2. The molecule has 2 aromatic carbocycles. The largest absolute Gasteiger partial charge is 0.497 e. The van der Waals surface area contributed by atoms with Gasteiger partial charge in [-0.05, 0) is 89.4 Å². The molecule has 0 aliphatic heterocycles. The third-order valence-corrected chi connectivity index (χ3v) is 5.81. The lowest BCUT2D eigenvalue weighted by molar-refractivity contribution is -0.143. The molecular formula is C28H39N3O6. The molecular weight excluding hydrogens is 474 g/mol. The number of rotatable bonds is 9. The number of carbonyl (C=O) groups excluding carboxylic acids is 3. The van der Waals surface area contributed by atoms with Gasteiger partial charge in [0.25, 0.3) is 5.91 Å². The number of nitrogens with one attached hydrogen (secondary N) is 2. The van der Waals surface area contributed by atoms with E-state index in [9.17, 15) is 19.5 Å². The van der Waals surface area contributed by atoms with E-state index in [1.54, 1.807) is 72.1 Å². The Balaban J connectivity index is 2.50. The molecule has 0 saturated carbocycles. The van der Waals surface area contributed by atoms with Crippen LogP contribution in [0.15, 0.2) is 42.5 Å². The van der Waals surface area contributed by atoms with Gasteiger partial charge in [-0.15, -0.1) is 0 Å². The fourth-order valence-corrected chi connectivity index (χ4v) is 3.87. The zero-order valence-corrected chi connectivity index (χ0v) is 22.9. The van der Waals surface area contributed by atoms with Crippen LogP contribution in [0.3, 0.4) is 0 Å². The number of aryl methyl sites for hydroxylation is 1. The van der Waals surface area contributed by atoms with E-state index >= 15 is 0 Å². The van der Waals surface area contributed by atoms with Crippen LogP contribution >= 0.6 is 0 Å². The molecule has 3 amide bonds. The highest BCUT2D eigenvalue weighted by molar-refractivity contribution is 5.99. The Morgan fingerprint density at radius 1 is 1.03 bits per heavy atom. The van der Waals surface area contributed by atoms with Gasteiger partial charge < -0.3 is 30.1 Å². The van der Waals surface area contributed by atoms with Gasteiger partial charge in [-0.2, -0.15) is 0 Å². The maximum Gasteiger partial charge on any atom is 0.408 e. The van der Waals surface area contributed by atoms with E-state index in [4.69, 9.17) is 9.47 Å². The third-order valence-electron chi connectivity index (χ3n) is 5.81. The number of benzene rings is 2. The summed E-state index contributed by atoms with van der Waals surface area (Å²) in [6.07, 6.45) is -0.838. The number of ether oxygens (including phenoxy) is 2. The third kappa shape index (κ3) is 7.95. The summed E-state index contributed by atoms with van der Waals surface area (Å²) in [5.74, 6) is -0.406. The van der Waals surface area contributed by atoms with Crippen molar-refractivity contribution in [2.24, 2.45) is 0 Å². The number of alkyl carbamates (subject to hydrolysis) is 1. The minimum Gasteiger partial charge on any atom is -0.497 e. The number of aliphatic hydroxyl groups is 1. The molecule has 0 bridgehead atoms. The lowest BCUT2D eigenvalue weighted by Gasteiger charge is -2.37. The van der Waals surface area contributed by atoms with E-state index in [0.29, 0.717) is 17.0 Å². The zero-order chi connectivity index (χ0) is 27.9. The fraction of sp³-hybridized carbons (Fsp3) is 0.464. The molecule has 0 aliphatic carbocycles. The van der Waals surface area contributed by atoms with Crippen molar-refractivity contribution < 1.29 is 29.0 Å². The van der Waals surface area contributed by atoms with E-state index in [-0.39, 0.29) is 0 Å². The molecule has 202 valence electrons. The van der Waals surface area contributed by atoms with E-state index < -0.39 is 48.2 Å². The van der Waals surface area contributed by atoms with Crippen LogP contribution in [-0.4, -0.2) is 59.3 Å².